The quantitative estimate of drug-likeness (QED) is 0.735. The van der Waals surface area contributed by atoms with Gasteiger partial charge in [0.05, 0.1) is 5.52 Å². The molecular formula is C17H24N2O2. The lowest BCUT2D eigenvalue weighted by molar-refractivity contribution is 0.0535. The zero-order valence-electron chi connectivity index (χ0n) is 13.7. The second-order valence-corrected chi connectivity index (χ2v) is 7.41. The molecule has 2 aromatic rings. The van der Waals surface area contributed by atoms with Gasteiger partial charge in [0.1, 0.15) is 5.60 Å². The monoisotopic (exact) mass is 288 g/mol. The van der Waals surface area contributed by atoms with Crippen molar-refractivity contribution in [2.75, 3.05) is 5.73 Å². The fourth-order valence-electron chi connectivity index (χ4n) is 2.29. The minimum absolute atomic E-state index is 0.176. The molecule has 0 radical (unpaired) electrons. The third kappa shape index (κ3) is 3.20. The van der Waals surface area contributed by atoms with Crippen molar-refractivity contribution in [2.24, 2.45) is 0 Å². The Hall–Kier alpha value is -1.97. The first-order valence-corrected chi connectivity index (χ1v) is 7.14. The highest BCUT2D eigenvalue weighted by molar-refractivity contribution is 5.92. The summed E-state index contributed by atoms with van der Waals surface area (Å²) in [4.78, 5) is 12.6. The van der Waals surface area contributed by atoms with Crippen molar-refractivity contribution in [3.05, 3.63) is 30.0 Å². The molecule has 4 nitrogen and oxygen atoms in total. The number of carbonyl (C=O) groups is 1. The molecule has 0 aliphatic rings. The summed E-state index contributed by atoms with van der Waals surface area (Å²) in [7, 11) is 0. The van der Waals surface area contributed by atoms with Crippen LogP contribution in [0.15, 0.2) is 24.3 Å². The molecule has 0 fully saturated rings. The summed E-state index contributed by atoms with van der Waals surface area (Å²) in [5.74, 6) is 0. The predicted octanol–water partition coefficient (Wildman–Crippen LogP) is 4.30. The third-order valence-corrected chi connectivity index (χ3v) is 3.17. The van der Waals surface area contributed by atoms with Gasteiger partial charge in [-0.25, -0.2) is 9.36 Å². The van der Waals surface area contributed by atoms with Crippen LogP contribution in [-0.4, -0.2) is 16.3 Å². The van der Waals surface area contributed by atoms with Crippen LogP contribution in [0.5, 0.6) is 0 Å². The lowest BCUT2D eigenvalue weighted by Crippen LogP contribution is -2.30. The number of hydrogen-bond acceptors (Lipinski definition) is 3. The SMILES string of the molecule is CC(C)(C)OC(=O)n1c(C(C)(C)C)cc2cc(N)ccc21. The minimum atomic E-state index is -0.531. The van der Waals surface area contributed by atoms with Gasteiger partial charge in [-0.2, -0.15) is 0 Å². The van der Waals surface area contributed by atoms with Gasteiger partial charge >= 0.3 is 6.09 Å². The van der Waals surface area contributed by atoms with E-state index in [4.69, 9.17) is 10.5 Å². The molecule has 21 heavy (non-hydrogen) atoms. The largest absolute Gasteiger partial charge is 0.443 e. The van der Waals surface area contributed by atoms with Crippen LogP contribution in [-0.2, 0) is 10.2 Å². The fraction of sp³-hybridized carbons (Fsp3) is 0.471. The third-order valence-electron chi connectivity index (χ3n) is 3.17. The van der Waals surface area contributed by atoms with Crippen LogP contribution in [0.4, 0.5) is 10.5 Å². The van der Waals surface area contributed by atoms with E-state index < -0.39 is 5.60 Å². The maximum absolute atomic E-state index is 12.6. The van der Waals surface area contributed by atoms with E-state index in [0.29, 0.717) is 5.69 Å². The van der Waals surface area contributed by atoms with Gasteiger partial charge < -0.3 is 10.5 Å². The molecule has 0 saturated heterocycles. The topological polar surface area (TPSA) is 57.2 Å². The molecule has 0 unspecified atom stereocenters. The Balaban J connectivity index is 2.66. The van der Waals surface area contributed by atoms with E-state index in [2.05, 4.69) is 20.8 Å². The number of nitrogen functional groups attached to an aromatic ring is 1. The highest BCUT2D eigenvalue weighted by Crippen LogP contribution is 2.31. The molecule has 1 aromatic carbocycles. The van der Waals surface area contributed by atoms with Gasteiger partial charge in [0.25, 0.3) is 0 Å². The average Bonchev–Trinajstić information content (AvgIpc) is 2.64. The fourth-order valence-corrected chi connectivity index (χ4v) is 2.29. The standard InChI is InChI=1S/C17H24N2O2/c1-16(2,3)14-10-11-9-12(18)7-8-13(11)19(14)15(20)21-17(4,5)6/h7-10H,18H2,1-6H3. The molecule has 0 spiro atoms. The average molecular weight is 288 g/mol. The minimum Gasteiger partial charge on any atom is -0.443 e. The first-order valence-electron chi connectivity index (χ1n) is 7.14. The van der Waals surface area contributed by atoms with Crippen LogP contribution in [0.3, 0.4) is 0 Å². The zero-order chi connectivity index (χ0) is 16.0. The second kappa shape index (κ2) is 4.79. The van der Waals surface area contributed by atoms with Crippen molar-refractivity contribution in [1.29, 1.82) is 0 Å². The zero-order valence-corrected chi connectivity index (χ0v) is 13.7. The second-order valence-electron chi connectivity index (χ2n) is 7.41. The van der Waals surface area contributed by atoms with E-state index in [9.17, 15) is 4.79 Å². The normalized spacial score (nSPS) is 12.7. The number of nitrogens with two attached hydrogens (primary N) is 1. The lowest BCUT2D eigenvalue weighted by atomic mass is 9.92. The summed E-state index contributed by atoms with van der Waals surface area (Å²) in [5.41, 5.74) is 7.56. The van der Waals surface area contributed by atoms with E-state index >= 15 is 0 Å². The summed E-state index contributed by atoms with van der Waals surface area (Å²) >= 11 is 0. The number of anilines is 1. The molecule has 2 rings (SSSR count). The Labute approximate surface area is 125 Å². The number of rotatable bonds is 0. The van der Waals surface area contributed by atoms with Crippen molar-refractivity contribution >= 4 is 22.7 Å². The Morgan fingerprint density at radius 3 is 2.24 bits per heavy atom. The van der Waals surface area contributed by atoms with Gasteiger partial charge in [0.2, 0.25) is 0 Å². The van der Waals surface area contributed by atoms with E-state index in [-0.39, 0.29) is 11.5 Å². The summed E-state index contributed by atoms with van der Waals surface area (Å²) in [6.07, 6.45) is -0.354. The Morgan fingerprint density at radius 1 is 1.10 bits per heavy atom. The van der Waals surface area contributed by atoms with Gasteiger partial charge in [0.15, 0.2) is 0 Å². The van der Waals surface area contributed by atoms with E-state index in [1.165, 1.54) is 0 Å². The van der Waals surface area contributed by atoms with E-state index in [0.717, 1.165) is 16.6 Å². The van der Waals surface area contributed by atoms with Crippen LogP contribution >= 0.6 is 0 Å². The van der Waals surface area contributed by atoms with Crippen LogP contribution < -0.4 is 5.73 Å². The maximum atomic E-state index is 12.6. The van der Waals surface area contributed by atoms with Gasteiger partial charge in [0, 0.05) is 22.2 Å². The number of aromatic nitrogens is 1. The molecule has 114 valence electrons. The van der Waals surface area contributed by atoms with Gasteiger partial charge in [-0.3, -0.25) is 0 Å². The van der Waals surface area contributed by atoms with Crippen LogP contribution in [0.1, 0.15) is 47.2 Å². The van der Waals surface area contributed by atoms with Crippen LogP contribution in [0.25, 0.3) is 10.9 Å². The van der Waals surface area contributed by atoms with Crippen molar-refractivity contribution < 1.29 is 9.53 Å². The van der Waals surface area contributed by atoms with E-state index in [1.807, 2.05) is 39.0 Å². The number of hydrogen-bond donors (Lipinski definition) is 1. The van der Waals surface area contributed by atoms with Crippen molar-refractivity contribution in [2.45, 2.75) is 52.6 Å². The highest BCUT2D eigenvalue weighted by atomic mass is 16.6. The molecule has 0 aliphatic heterocycles. The Morgan fingerprint density at radius 2 is 1.71 bits per heavy atom. The smallest absolute Gasteiger partial charge is 0.419 e. The maximum Gasteiger partial charge on any atom is 0.419 e. The Kier molecular flexibility index (Phi) is 3.52. The molecule has 0 bridgehead atoms. The molecule has 0 aliphatic carbocycles. The van der Waals surface area contributed by atoms with Gasteiger partial charge in [-0.05, 0) is 45.0 Å². The summed E-state index contributed by atoms with van der Waals surface area (Å²) in [6, 6.07) is 7.56. The number of carbonyl (C=O) groups excluding carboxylic acids is 1. The van der Waals surface area contributed by atoms with Gasteiger partial charge in [-0.15, -0.1) is 0 Å². The molecule has 2 N–H and O–H groups in total. The molecule has 0 amide bonds. The van der Waals surface area contributed by atoms with Crippen molar-refractivity contribution in [3.63, 3.8) is 0 Å². The number of nitrogens with zero attached hydrogens (tertiary/aromatic N) is 1. The van der Waals surface area contributed by atoms with E-state index in [1.54, 1.807) is 10.6 Å². The summed E-state index contributed by atoms with van der Waals surface area (Å²) in [6.45, 7) is 11.8. The van der Waals surface area contributed by atoms with Crippen molar-refractivity contribution in [1.82, 2.24) is 4.57 Å². The van der Waals surface area contributed by atoms with Crippen LogP contribution in [0.2, 0.25) is 0 Å². The molecule has 1 heterocycles. The number of ether oxygens (including phenoxy) is 1. The first kappa shape index (κ1) is 15.4. The lowest BCUT2D eigenvalue weighted by Gasteiger charge is -2.24. The summed E-state index contributed by atoms with van der Waals surface area (Å²) < 4.78 is 7.20. The Bertz CT molecular complexity index is 685. The molecule has 1 aromatic heterocycles. The molecule has 0 saturated carbocycles. The molecule has 0 atom stereocenters. The molecule has 4 heteroatoms. The summed E-state index contributed by atoms with van der Waals surface area (Å²) in [5, 5.41) is 0.950. The molecular weight excluding hydrogens is 264 g/mol. The first-order chi connectivity index (χ1) is 9.49. The highest BCUT2D eigenvalue weighted by Gasteiger charge is 2.27. The number of benzene rings is 1. The van der Waals surface area contributed by atoms with Crippen LogP contribution in [0, 0.1) is 0 Å². The van der Waals surface area contributed by atoms with Crippen molar-refractivity contribution in [3.8, 4) is 0 Å². The number of fused-ring (bicyclic) bond motifs is 1. The van der Waals surface area contributed by atoms with Gasteiger partial charge in [-0.1, -0.05) is 20.8 Å². The predicted molar refractivity (Wildman–Crippen MR) is 86.7 cm³/mol.